The van der Waals surface area contributed by atoms with Crippen LogP contribution >= 0.6 is 27.3 Å². The lowest BCUT2D eigenvalue weighted by molar-refractivity contribution is -0.146. The van der Waals surface area contributed by atoms with Crippen molar-refractivity contribution < 1.29 is 13.2 Å². The van der Waals surface area contributed by atoms with Crippen molar-refractivity contribution in [1.29, 1.82) is 0 Å². The first kappa shape index (κ1) is 12.5. The van der Waals surface area contributed by atoms with E-state index in [9.17, 15) is 13.2 Å². The second-order valence-corrected chi connectivity index (χ2v) is 5.39. The second kappa shape index (κ2) is 4.23. The Morgan fingerprint density at radius 1 is 1.21 bits per heavy atom. The van der Waals surface area contributed by atoms with Crippen LogP contribution in [0.1, 0.15) is 5.82 Å². The molecule has 0 amide bonds. The summed E-state index contributed by atoms with van der Waals surface area (Å²) < 4.78 is 39.4. The Morgan fingerprint density at radius 3 is 2.68 bits per heavy atom. The quantitative estimate of drug-likeness (QED) is 0.677. The molecular formula is C9H3BrF3N5S. The first-order valence-electron chi connectivity index (χ1n) is 4.85. The number of rotatable bonds is 1. The van der Waals surface area contributed by atoms with E-state index in [-0.39, 0.29) is 4.96 Å². The van der Waals surface area contributed by atoms with Crippen LogP contribution < -0.4 is 0 Å². The van der Waals surface area contributed by atoms with Crippen molar-refractivity contribution in [3.8, 4) is 10.6 Å². The van der Waals surface area contributed by atoms with E-state index in [0.717, 1.165) is 11.3 Å². The Labute approximate surface area is 116 Å². The average molecular weight is 350 g/mol. The van der Waals surface area contributed by atoms with E-state index >= 15 is 0 Å². The number of alkyl halides is 3. The van der Waals surface area contributed by atoms with Gasteiger partial charge in [0.05, 0.1) is 0 Å². The molecule has 0 fully saturated rings. The molecule has 3 aromatic rings. The van der Waals surface area contributed by atoms with Crippen molar-refractivity contribution >= 4 is 32.2 Å². The van der Waals surface area contributed by atoms with Gasteiger partial charge < -0.3 is 0 Å². The smallest absolute Gasteiger partial charge is 0.263 e. The van der Waals surface area contributed by atoms with Gasteiger partial charge in [-0.2, -0.15) is 22.8 Å². The van der Waals surface area contributed by atoms with Gasteiger partial charge in [-0.3, -0.25) is 4.98 Å². The summed E-state index contributed by atoms with van der Waals surface area (Å²) in [6.07, 6.45) is -1.49. The molecule has 0 radical (unpaired) electrons. The summed E-state index contributed by atoms with van der Waals surface area (Å²) in [5.41, 5.74) is 0.609. The number of halogens is 4. The number of pyridine rings is 1. The Bertz CT molecular complexity index is 750. The summed E-state index contributed by atoms with van der Waals surface area (Å²) in [5, 5.41) is 10.8. The summed E-state index contributed by atoms with van der Waals surface area (Å²) in [6.45, 7) is 0. The number of hydrogen-bond acceptors (Lipinski definition) is 5. The normalized spacial score (nSPS) is 12.2. The maximum Gasteiger partial charge on any atom is 0.453 e. The minimum absolute atomic E-state index is 0.0855. The van der Waals surface area contributed by atoms with E-state index in [1.807, 2.05) is 0 Å². The molecule has 0 unspecified atom stereocenters. The van der Waals surface area contributed by atoms with Crippen LogP contribution in [0.2, 0.25) is 0 Å². The van der Waals surface area contributed by atoms with E-state index in [0.29, 0.717) is 19.6 Å². The van der Waals surface area contributed by atoms with Crippen LogP contribution in [0.4, 0.5) is 13.2 Å². The monoisotopic (exact) mass is 349 g/mol. The van der Waals surface area contributed by atoms with Crippen LogP contribution in [0, 0.1) is 0 Å². The molecule has 5 nitrogen and oxygen atoms in total. The molecule has 0 aliphatic heterocycles. The lowest BCUT2D eigenvalue weighted by Crippen LogP contribution is -2.11. The van der Waals surface area contributed by atoms with Gasteiger partial charge in [-0.25, -0.2) is 0 Å². The number of nitrogens with zero attached hydrogens (tertiary/aromatic N) is 5. The highest BCUT2D eigenvalue weighted by atomic mass is 79.9. The standard InChI is InChI=1S/C9H3BrF3N5S/c10-5-1-4(2-14-3-5)6-17-18-7(9(11,12)13)15-16-8(18)19-6/h1-3H. The van der Waals surface area contributed by atoms with Crippen LogP contribution in [-0.2, 0) is 6.18 Å². The lowest BCUT2D eigenvalue weighted by Gasteiger charge is -2.00. The molecule has 0 bridgehead atoms. The predicted molar refractivity (Wildman–Crippen MR) is 64.6 cm³/mol. The van der Waals surface area contributed by atoms with Gasteiger partial charge in [-0.1, -0.05) is 11.3 Å². The summed E-state index contributed by atoms with van der Waals surface area (Å²) in [4.78, 5) is 4.02. The van der Waals surface area contributed by atoms with Crippen LogP contribution in [-0.4, -0.2) is 24.8 Å². The molecule has 0 aliphatic carbocycles. The number of fused-ring (bicyclic) bond motifs is 1. The van der Waals surface area contributed by atoms with E-state index in [1.165, 1.54) is 6.20 Å². The highest BCUT2D eigenvalue weighted by molar-refractivity contribution is 9.10. The number of hydrogen-bond donors (Lipinski definition) is 0. The van der Waals surface area contributed by atoms with Gasteiger partial charge in [0, 0.05) is 22.4 Å². The molecule has 3 aromatic heterocycles. The van der Waals surface area contributed by atoms with Crippen molar-refractivity contribution in [1.82, 2.24) is 24.8 Å². The Morgan fingerprint density at radius 2 is 2.00 bits per heavy atom. The topological polar surface area (TPSA) is 56.0 Å². The fourth-order valence-electron chi connectivity index (χ4n) is 1.44. The predicted octanol–water partition coefficient (Wildman–Crippen LogP) is 3.03. The van der Waals surface area contributed by atoms with Gasteiger partial charge >= 0.3 is 6.18 Å². The molecule has 3 heterocycles. The number of aromatic nitrogens is 5. The Kier molecular flexibility index (Phi) is 2.78. The zero-order valence-electron chi connectivity index (χ0n) is 8.89. The van der Waals surface area contributed by atoms with Gasteiger partial charge in [0.25, 0.3) is 5.82 Å². The molecular weight excluding hydrogens is 347 g/mol. The molecule has 0 N–H and O–H groups in total. The summed E-state index contributed by atoms with van der Waals surface area (Å²) in [5.74, 6) is -1.13. The second-order valence-electron chi connectivity index (χ2n) is 3.51. The highest BCUT2D eigenvalue weighted by Gasteiger charge is 2.38. The van der Waals surface area contributed by atoms with Crippen molar-refractivity contribution in [2.45, 2.75) is 6.18 Å². The van der Waals surface area contributed by atoms with Gasteiger partial charge in [0.1, 0.15) is 5.01 Å². The third kappa shape index (κ3) is 2.21. The van der Waals surface area contributed by atoms with Gasteiger partial charge in [0.15, 0.2) is 0 Å². The maximum atomic E-state index is 12.6. The molecule has 10 heteroatoms. The van der Waals surface area contributed by atoms with Crippen LogP contribution in [0.5, 0.6) is 0 Å². The molecule has 0 saturated carbocycles. The van der Waals surface area contributed by atoms with Gasteiger partial charge in [-0.05, 0) is 22.0 Å². The Balaban J connectivity index is 2.15. The lowest BCUT2D eigenvalue weighted by atomic mass is 10.3. The molecule has 0 spiro atoms. The maximum absolute atomic E-state index is 12.6. The average Bonchev–Trinajstić information content (AvgIpc) is 2.85. The Hall–Kier alpha value is -1.55. The van der Waals surface area contributed by atoms with Gasteiger partial charge in [0.2, 0.25) is 4.96 Å². The molecule has 3 rings (SSSR count). The zero-order chi connectivity index (χ0) is 13.6. The SMILES string of the molecule is FC(F)(F)c1nnc2sc(-c3cncc(Br)c3)nn12. The fraction of sp³-hybridized carbons (Fsp3) is 0.111. The van der Waals surface area contributed by atoms with Crippen molar-refractivity contribution in [2.24, 2.45) is 0 Å². The molecule has 0 aromatic carbocycles. The zero-order valence-corrected chi connectivity index (χ0v) is 11.3. The molecule has 0 saturated heterocycles. The summed E-state index contributed by atoms with van der Waals surface area (Å²) in [7, 11) is 0. The van der Waals surface area contributed by atoms with Crippen molar-refractivity contribution in [3.05, 3.63) is 28.8 Å². The van der Waals surface area contributed by atoms with E-state index in [4.69, 9.17) is 0 Å². The first-order chi connectivity index (χ1) is 8.95. The van der Waals surface area contributed by atoms with Crippen LogP contribution in [0.15, 0.2) is 22.9 Å². The fourth-order valence-corrected chi connectivity index (χ4v) is 2.62. The highest BCUT2D eigenvalue weighted by Crippen LogP contribution is 2.31. The van der Waals surface area contributed by atoms with Crippen molar-refractivity contribution in [3.63, 3.8) is 0 Å². The minimum atomic E-state index is -4.58. The van der Waals surface area contributed by atoms with Gasteiger partial charge in [-0.15, -0.1) is 10.2 Å². The van der Waals surface area contributed by atoms with E-state index in [1.54, 1.807) is 12.3 Å². The minimum Gasteiger partial charge on any atom is -0.263 e. The van der Waals surface area contributed by atoms with E-state index in [2.05, 4.69) is 36.2 Å². The third-order valence-corrected chi connectivity index (χ3v) is 3.58. The summed E-state index contributed by atoms with van der Waals surface area (Å²) in [6, 6.07) is 1.71. The largest absolute Gasteiger partial charge is 0.453 e. The molecule has 0 aliphatic rings. The molecule has 98 valence electrons. The summed E-state index contributed by atoms with van der Waals surface area (Å²) >= 11 is 4.25. The third-order valence-electron chi connectivity index (χ3n) is 2.20. The van der Waals surface area contributed by atoms with Crippen LogP contribution in [0.3, 0.4) is 0 Å². The van der Waals surface area contributed by atoms with Crippen LogP contribution in [0.25, 0.3) is 15.5 Å². The molecule has 19 heavy (non-hydrogen) atoms. The first-order valence-corrected chi connectivity index (χ1v) is 6.46. The van der Waals surface area contributed by atoms with E-state index < -0.39 is 12.0 Å². The molecule has 0 atom stereocenters. The van der Waals surface area contributed by atoms with Crippen molar-refractivity contribution in [2.75, 3.05) is 0 Å².